The molecule has 0 aliphatic heterocycles. The Bertz CT molecular complexity index is 646. The molecule has 2 atom stereocenters. The summed E-state index contributed by atoms with van der Waals surface area (Å²) in [6.45, 7) is 12.2. The van der Waals surface area contributed by atoms with E-state index in [4.69, 9.17) is 14.2 Å². The molecule has 0 saturated heterocycles. The number of amides is 1. The van der Waals surface area contributed by atoms with Gasteiger partial charge in [0.1, 0.15) is 16.9 Å². The predicted octanol–water partition coefficient (Wildman–Crippen LogP) is 4.96. The maximum Gasteiger partial charge on any atom is 0.341 e. The first-order valence-corrected chi connectivity index (χ1v) is 10.2. The van der Waals surface area contributed by atoms with E-state index in [9.17, 15) is 9.59 Å². The molecule has 1 rings (SSSR count). The average Bonchev–Trinajstić information content (AvgIpc) is 2.67. The van der Waals surface area contributed by atoms with E-state index in [1.807, 2.05) is 20.8 Å². The monoisotopic (exact) mass is 393 g/mol. The van der Waals surface area contributed by atoms with Crippen molar-refractivity contribution < 1.29 is 23.8 Å². The lowest BCUT2D eigenvalue weighted by Gasteiger charge is -2.28. The van der Waals surface area contributed by atoms with E-state index in [1.165, 1.54) is 0 Å². The second-order valence-corrected chi connectivity index (χ2v) is 6.99. The van der Waals surface area contributed by atoms with Crippen molar-refractivity contribution in [2.45, 2.75) is 78.9 Å². The molecular weight excluding hydrogens is 358 g/mol. The van der Waals surface area contributed by atoms with Crippen LogP contribution in [0.15, 0.2) is 18.2 Å². The fourth-order valence-electron chi connectivity index (χ4n) is 2.73. The highest BCUT2D eigenvalue weighted by Gasteiger charge is 2.33. The number of esters is 1. The molecule has 0 radical (unpaired) electrons. The Morgan fingerprint density at radius 2 is 1.86 bits per heavy atom. The van der Waals surface area contributed by atoms with Gasteiger partial charge in [-0.15, -0.1) is 0 Å². The topological polar surface area (TPSA) is 73.9 Å². The lowest BCUT2D eigenvalue weighted by molar-refractivity contribution is -0.139. The van der Waals surface area contributed by atoms with E-state index in [1.54, 1.807) is 32.0 Å². The van der Waals surface area contributed by atoms with E-state index < -0.39 is 11.6 Å². The molecule has 0 bridgehead atoms. The minimum absolute atomic E-state index is 0.0380. The molecule has 1 amide bonds. The Labute approximate surface area is 168 Å². The number of ether oxygens (including phenoxy) is 3. The number of hydrogen-bond acceptors (Lipinski definition) is 5. The highest BCUT2D eigenvalue weighted by atomic mass is 16.5. The third kappa shape index (κ3) is 6.82. The summed E-state index contributed by atoms with van der Waals surface area (Å²) >= 11 is 0. The summed E-state index contributed by atoms with van der Waals surface area (Å²) in [5, 5.41) is 2.88. The van der Waals surface area contributed by atoms with Crippen LogP contribution >= 0.6 is 0 Å². The van der Waals surface area contributed by atoms with Gasteiger partial charge in [0, 0.05) is 12.3 Å². The molecule has 0 unspecified atom stereocenters. The van der Waals surface area contributed by atoms with Gasteiger partial charge in [-0.1, -0.05) is 26.7 Å². The Kier molecular flexibility index (Phi) is 10.0. The van der Waals surface area contributed by atoms with Gasteiger partial charge in [-0.2, -0.15) is 0 Å². The Balaban J connectivity index is 3.11. The Hall–Kier alpha value is -2.08. The van der Waals surface area contributed by atoms with Gasteiger partial charge < -0.3 is 19.5 Å². The van der Waals surface area contributed by atoms with Gasteiger partial charge in [-0.25, -0.2) is 4.79 Å². The van der Waals surface area contributed by atoms with E-state index in [0.29, 0.717) is 30.0 Å². The van der Waals surface area contributed by atoms with Crippen LogP contribution in [-0.4, -0.2) is 36.8 Å². The number of benzene rings is 1. The molecule has 158 valence electrons. The summed E-state index contributed by atoms with van der Waals surface area (Å²) in [6.07, 6.45) is 3.27. The van der Waals surface area contributed by atoms with Gasteiger partial charge in [0.2, 0.25) is 0 Å². The zero-order valence-electron chi connectivity index (χ0n) is 18.1. The Morgan fingerprint density at radius 1 is 1.14 bits per heavy atom. The maximum absolute atomic E-state index is 12.9. The van der Waals surface area contributed by atoms with Crippen molar-refractivity contribution in [1.82, 2.24) is 0 Å². The number of nitrogens with one attached hydrogen (secondary N) is 1. The molecule has 0 saturated carbocycles. The molecular formula is C22H35NO5. The molecule has 6 heteroatoms. The molecule has 0 spiro atoms. The second kappa shape index (κ2) is 11.7. The van der Waals surface area contributed by atoms with Crippen LogP contribution in [-0.2, 0) is 14.3 Å². The quantitative estimate of drug-likeness (QED) is 0.508. The average molecular weight is 394 g/mol. The molecule has 0 aliphatic rings. The van der Waals surface area contributed by atoms with Gasteiger partial charge >= 0.3 is 5.97 Å². The second-order valence-electron chi connectivity index (χ2n) is 6.99. The molecule has 0 aromatic heterocycles. The first-order valence-electron chi connectivity index (χ1n) is 10.2. The van der Waals surface area contributed by atoms with Crippen LogP contribution in [0.2, 0.25) is 0 Å². The van der Waals surface area contributed by atoms with E-state index >= 15 is 0 Å². The van der Waals surface area contributed by atoms with E-state index in [0.717, 1.165) is 19.3 Å². The van der Waals surface area contributed by atoms with Crippen molar-refractivity contribution in [3.05, 3.63) is 23.8 Å². The SMILES string of the molecule is CCCC[C@](C)(OCC)C(=O)Nc1ccc(O[C@@H](C)CC)c(C(=O)OCC)c1. The van der Waals surface area contributed by atoms with Crippen molar-refractivity contribution in [1.29, 1.82) is 0 Å². The third-order valence-corrected chi connectivity index (χ3v) is 4.59. The first kappa shape index (κ1) is 24.0. The fourth-order valence-corrected chi connectivity index (χ4v) is 2.73. The van der Waals surface area contributed by atoms with Crippen LogP contribution in [0.25, 0.3) is 0 Å². The lowest BCUT2D eigenvalue weighted by atomic mass is 9.97. The summed E-state index contributed by atoms with van der Waals surface area (Å²) in [7, 11) is 0. The van der Waals surface area contributed by atoms with Gasteiger partial charge in [-0.05, 0) is 58.7 Å². The van der Waals surface area contributed by atoms with Crippen LogP contribution in [0, 0.1) is 0 Å². The van der Waals surface area contributed by atoms with Crippen molar-refractivity contribution in [3.8, 4) is 5.75 Å². The zero-order valence-corrected chi connectivity index (χ0v) is 18.1. The molecule has 1 aromatic carbocycles. The largest absolute Gasteiger partial charge is 0.490 e. The van der Waals surface area contributed by atoms with Crippen LogP contribution < -0.4 is 10.1 Å². The number of rotatable bonds is 12. The van der Waals surface area contributed by atoms with Gasteiger partial charge in [0.25, 0.3) is 5.91 Å². The number of carbonyl (C=O) groups is 2. The number of anilines is 1. The summed E-state index contributed by atoms with van der Waals surface area (Å²) < 4.78 is 16.7. The van der Waals surface area contributed by atoms with Crippen molar-refractivity contribution in [3.63, 3.8) is 0 Å². The van der Waals surface area contributed by atoms with E-state index in [2.05, 4.69) is 12.2 Å². The van der Waals surface area contributed by atoms with Gasteiger partial charge in [0.15, 0.2) is 0 Å². The van der Waals surface area contributed by atoms with Crippen LogP contribution in [0.1, 0.15) is 77.6 Å². The van der Waals surface area contributed by atoms with Crippen molar-refractivity contribution in [2.24, 2.45) is 0 Å². The first-order chi connectivity index (χ1) is 13.3. The molecule has 0 heterocycles. The van der Waals surface area contributed by atoms with Gasteiger partial charge in [0.05, 0.1) is 12.7 Å². The van der Waals surface area contributed by atoms with Crippen LogP contribution in [0.4, 0.5) is 5.69 Å². The summed E-state index contributed by atoms with van der Waals surface area (Å²) in [5.74, 6) is -0.256. The lowest BCUT2D eigenvalue weighted by Crippen LogP contribution is -2.42. The van der Waals surface area contributed by atoms with Crippen molar-refractivity contribution in [2.75, 3.05) is 18.5 Å². The van der Waals surface area contributed by atoms with Crippen LogP contribution in [0.3, 0.4) is 0 Å². The molecule has 0 aliphatic carbocycles. The molecule has 28 heavy (non-hydrogen) atoms. The minimum Gasteiger partial charge on any atom is -0.490 e. The number of carbonyl (C=O) groups excluding carboxylic acids is 2. The fraction of sp³-hybridized carbons (Fsp3) is 0.636. The number of unbranched alkanes of at least 4 members (excludes halogenated alkanes) is 1. The highest BCUT2D eigenvalue weighted by Crippen LogP contribution is 2.27. The third-order valence-electron chi connectivity index (χ3n) is 4.59. The minimum atomic E-state index is -0.916. The van der Waals surface area contributed by atoms with Crippen LogP contribution in [0.5, 0.6) is 5.75 Å². The summed E-state index contributed by atoms with van der Waals surface area (Å²) in [4.78, 5) is 25.2. The molecule has 1 N–H and O–H groups in total. The predicted molar refractivity (Wildman–Crippen MR) is 111 cm³/mol. The highest BCUT2D eigenvalue weighted by molar-refractivity contribution is 5.99. The summed E-state index contributed by atoms with van der Waals surface area (Å²) in [5.41, 5.74) is -0.112. The smallest absolute Gasteiger partial charge is 0.341 e. The van der Waals surface area contributed by atoms with E-state index in [-0.39, 0.29) is 18.6 Å². The molecule has 0 fully saturated rings. The molecule has 1 aromatic rings. The summed E-state index contributed by atoms with van der Waals surface area (Å²) in [6, 6.07) is 5.02. The zero-order chi connectivity index (χ0) is 21.2. The Morgan fingerprint density at radius 3 is 2.43 bits per heavy atom. The number of hydrogen-bond donors (Lipinski definition) is 1. The molecule has 6 nitrogen and oxygen atoms in total. The van der Waals surface area contributed by atoms with Gasteiger partial charge in [-0.3, -0.25) is 4.79 Å². The van der Waals surface area contributed by atoms with Crippen molar-refractivity contribution >= 4 is 17.6 Å². The maximum atomic E-state index is 12.9. The standard InChI is InChI=1S/C22H35NO5/c1-7-11-14-22(6,27-10-4)21(25)23-17-12-13-19(28-16(5)8-2)18(15-17)20(24)26-9-3/h12-13,15-16H,7-11,14H2,1-6H3,(H,23,25)/t16-,22-/m0/s1. The normalized spacial score (nSPS) is 14.1.